The van der Waals surface area contributed by atoms with Gasteiger partial charge in [-0.25, -0.2) is 0 Å². The van der Waals surface area contributed by atoms with Crippen LogP contribution < -0.4 is 0 Å². The second-order valence-electron chi connectivity index (χ2n) is 12.4. The largest absolute Gasteiger partial charge is 0.469 e. The van der Waals surface area contributed by atoms with Crippen LogP contribution in [0.3, 0.4) is 0 Å². The van der Waals surface area contributed by atoms with Gasteiger partial charge in [0.05, 0.1) is 18.1 Å². The van der Waals surface area contributed by atoms with Crippen LogP contribution in [0.4, 0.5) is 0 Å². The van der Waals surface area contributed by atoms with Crippen molar-refractivity contribution in [3.8, 4) is 6.07 Å². The zero-order chi connectivity index (χ0) is 23.8. The number of ether oxygens (including phenoxy) is 1. The summed E-state index contributed by atoms with van der Waals surface area (Å²) >= 11 is 0. The van der Waals surface area contributed by atoms with Crippen molar-refractivity contribution < 1.29 is 19.1 Å². The van der Waals surface area contributed by atoms with Crippen molar-refractivity contribution in [1.29, 1.82) is 5.26 Å². The first-order chi connectivity index (χ1) is 15.6. The van der Waals surface area contributed by atoms with Gasteiger partial charge in [0.2, 0.25) is 0 Å². The van der Waals surface area contributed by atoms with E-state index < -0.39 is 5.41 Å². The lowest BCUT2D eigenvalue weighted by Crippen LogP contribution is -2.59. The minimum absolute atomic E-state index is 0.00362. The van der Waals surface area contributed by atoms with Crippen LogP contribution in [0.2, 0.25) is 0 Å². The molecular formula is C28H35NO4. The Hall–Kier alpha value is -2.22. The molecule has 0 spiro atoms. The van der Waals surface area contributed by atoms with Gasteiger partial charge in [0.25, 0.3) is 0 Å². The summed E-state index contributed by atoms with van der Waals surface area (Å²) in [5, 5.41) is 9.46. The Morgan fingerprint density at radius 1 is 1.09 bits per heavy atom. The van der Waals surface area contributed by atoms with Crippen LogP contribution in [0.15, 0.2) is 23.3 Å². The zero-order valence-corrected chi connectivity index (χ0v) is 20.3. The third-order valence-electron chi connectivity index (χ3n) is 10.3. The molecule has 7 atom stereocenters. The number of carbonyl (C=O) groups is 3. The molecular weight excluding hydrogens is 414 g/mol. The molecule has 5 rings (SSSR count). The molecule has 3 saturated carbocycles. The van der Waals surface area contributed by atoms with E-state index in [2.05, 4.69) is 26.8 Å². The Bertz CT molecular complexity index is 1030. The molecule has 0 heterocycles. The molecule has 33 heavy (non-hydrogen) atoms. The number of esters is 1. The number of carbonyl (C=O) groups excluding carboxylic acids is 3. The molecule has 0 saturated heterocycles. The van der Waals surface area contributed by atoms with E-state index in [0.29, 0.717) is 6.42 Å². The zero-order valence-electron chi connectivity index (χ0n) is 20.3. The topological polar surface area (TPSA) is 84.2 Å². The van der Waals surface area contributed by atoms with E-state index in [9.17, 15) is 19.6 Å². The van der Waals surface area contributed by atoms with E-state index in [0.717, 1.165) is 50.5 Å². The summed E-state index contributed by atoms with van der Waals surface area (Å²) < 4.78 is 5.33. The van der Waals surface area contributed by atoms with Gasteiger partial charge in [-0.2, -0.15) is 5.26 Å². The maximum absolute atomic E-state index is 13.9. The molecule has 0 aromatic carbocycles. The van der Waals surface area contributed by atoms with Crippen LogP contribution in [0, 0.1) is 57.2 Å². The van der Waals surface area contributed by atoms with E-state index in [1.165, 1.54) is 7.11 Å². The number of hydrogen-bond donors (Lipinski definition) is 0. The number of Topliss-reactive ketones (excluding diaryl/α,β-unsaturated/α-hetero) is 1. The SMILES string of the molecule is COC(=O)C12CCC3C(C(=O)C=C4C5C=C(C#N)C(=O)CC5CCC43C)C1CC(C)(C)CC2. The molecule has 7 unspecified atom stereocenters. The van der Waals surface area contributed by atoms with E-state index in [1.807, 2.05) is 12.2 Å². The fraction of sp³-hybridized carbons (Fsp3) is 0.714. The summed E-state index contributed by atoms with van der Waals surface area (Å²) in [5.41, 5.74) is 0.789. The van der Waals surface area contributed by atoms with Crippen molar-refractivity contribution in [3.63, 3.8) is 0 Å². The molecule has 5 heteroatoms. The number of ketones is 2. The second-order valence-corrected chi connectivity index (χ2v) is 12.4. The van der Waals surface area contributed by atoms with Crippen molar-refractivity contribution >= 4 is 17.5 Å². The Morgan fingerprint density at radius 3 is 2.55 bits per heavy atom. The van der Waals surface area contributed by atoms with Gasteiger partial charge in [0.15, 0.2) is 11.6 Å². The van der Waals surface area contributed by atoms with Crippen molar-refractivity contribution in [2.45, 2.75) is 72.1 Å². The first-order valence-corrected chi connectivity index (χ1v) is 12.6. The number of allylic oxidation sites excluding steroid dienone is 4. The van der Waals surface area contributed by atoms with Crippen LogP contribution in [0.5, 0.6) is 0 Å². The summed E-state index contributed by atoms with van der Waals surface area (Å²) in [5.74, 6) is 0.170. The highest BCUT2D eigenvalue weighted by molar-refractivity contribution is 6.00. The molecule has 5 aliphatic rings. The summed E-state index contributed by atoms with van der Waals surface area (Å²) in [4.78, 5) is 39.3. The smallest absolute Gasteiger partial charge is 0.312 e. The van der Waals surface area contributed by atoms with Gasteiger partial charge in [-0.05, 0) is 79.6 Å². The van der Waals surface area contributed by atoms with Gasteiger partial charge >= 0.3 is 5.97 Å². The maximum atomic E-state index is 13.9. The lowest BCUT2D eigenvalue weighted by molar-refractivity contribution is -0.177. The lowest BCUT2D eigenvalue weighted by atomic mass is 9.41. The normalized spacial score (nSPS) is 43.5. The van der Waals surface area contributed by atoms with Crippen LogP contribution in [0.1, 0.15) is 72.1 Å². The van der Waals surface area contributed by atoms with Gasteiger partial charge < -0.3 is 4.74 Å². The minimum atomic E-state index is -0.550. The lowest BCUT2D eigenvalue weighted by Gasteiger charge is -2.61. The van der Waals surface area contributed by atoms with Crippen molar-refractivity contribution in [2.75, 3.05) is 7.11 Å². The standard InChI is InChI=1S/C28H35NO4/c1-26(2)9-10-28(25(32)33-4)8-6-19-24(21(28)14-26)23(31)13-20-18-11-17(15-29)22(30)12-16(18)5-7-27(19,20)3/h11,13,16,18-19,21,24H,5-10,12,14H2,1-4H3. The van der Waals surface area contributed by atoms with Crippen LogP contribution >= 0.6 is 0 Å². The fourth-order valence-electron chi connectivity index (χ4n) is 8.49. The van der Waals surface area contributed by atoms with Crippen molar-refractivity contribution in [3.05, 3.63) is 23.3 Å². The van der Waals surface area contributed by atoms with Crippen molar-refractivity contribution in [1.82, 2.24) is 0 Å². The van der Waals surface area contributed by atoms with Gasteiger partial charge in [-0.15, -0.1) is 0 Å². The molecule has 0 amide bonds. The first kappa shape index (κ1) is 22.6. The molecule has 0 aliphatic heterocycles. The van der Waals surface area contributed by atoms with Crippen LogP contribution in [0.25, 0.3) is 0 Å². The molecule has 176 valence electrons. The first-order valence-electron chi connectivity index (χ1n) is 12.6. The predicted molar refractivity (Wildman–Crippen MR) is 123 cm³/mol. The molecule has 5 aliphatic carbocycles. The predicted octanol–water partition coefficient (Wildman–Crippen LogP) is 4.96. The maximum Gasteiger partial charge on any atom is 0.312 e. The minimum Gasteiger partial charge on any atom is -0.469 e. The number of fused-ring (bicyclic) bond motifs is 7. The van der Waals surface area contributed by atoms with E-state index >= 15 is 0 Å². The molecule has 0 N–H and O–H groups in total. The number of nitrogens with zero attached hydrogens (tertiary/aromatic N) is 1. The molecule has 0 bridgehead atoms. The number of rotatable bonds is 1. The second kappa shape index (κ2) is 7.39. The summed E-state index contributed by atoms with van der Waals surface area (Å²) in [6.45, 7) is 6.81. The molecule has 0 aromatic heterocycles. The molecule has 0 radical (unpaired) electrons. The third-order valence-corrected chi connectivity index (χ3v) is 10.3. The Balaban J connectivity index is 1.60. The summed E-state index contributed by atoms with van der Waals surface area (Å²) in [6, 6.07) is 2.08. The van der Waals surface area contributed by atoms with Crippen LogP contribution in [-0.4, -0.2) is 24.6 Å². The highest BCUT2D eigenvalue weighted by Gasteiger charge is 2.64. The van der Waals surface area contributed by atoms with Gasteiger partial charge in [-0.1, -0.05) is 32.4 Å². The Morgan fingerprint density at radius 2 is 1.85 bits per heavy atom. The Kier molecular flexibility index (Phi) is 5.05. The fourth-order valence-corrected chi connectivity index (χ4v) is 8.49. The van der Waals surface area contributed by atoms with E-state index in [-0.39, 0.29) is 63.5 Å². The van der Waals surface area contributed by atoms with Crippen molar-refractivity contribution in [2.24, 2.45) is 45.8 Å². The van der Waals surface area contributed by atoms with Crippen LogP contribution in [-0.2, 0) is 19.1 Å². The van der Waals surface area contributed by atoms with Gasteiger partial charge in [0.1, 0.15) is 6.07 Å². The monoisotopic (exact) mass is 449 g/mol. The number of hydrogen-bond acceptors (Lipinski definition) is 5. The highest BCUT2D eigenvalue weighted by atomic mass is 16.5. The average Bonchev–Trinajstić information content (AvgIpc) is 2.78. The average molecular weight is 450 g/mol. The molecule has 5 nitrogen and oxygen atoms in total. The van der Waals surface area contributed by atoms with E-state index in [4.69, 9.17) is 4.74 Å². The number of nitriles is 1. The van der Waals surface area contributed by atoms with Gasteiger partial charge in [0, 0.05) is 18.3 Å². The van der Waals surface area contributed by atoms with E-state index in [1.54, 1.807) is 0 Å². The third kappa shape index (κ3) is 3.12. The number of methoxy groups -OCH3 is 1. The summed E-state index contributed by atoms with van der Waals surface area (Å²) in [6.07, 6.45) is 10.3. The molecule has 0 aromatic rings. The summed E-state index contributed by atoms with van der Waals surface area (Å²) in [7, 11) is 1.48. The van der Waals surface area contributed by atoms with Gasteiger partial charge in [-0.3, -0.25) is 14.4 Å². The quantitative estimate of drug-likeness (QED) is 0.528. The molecule has 3 fully saturated rings. The highest BCUT2D eigenvalue weighted by Crippen LogP contribution is 2.67. The Labute approximate surface area is 196 Å².